The van der Waals surface area contributed by atoms with Crippen molar-refractivity contribution < 1.29 is 27.8 Å². The molecule has 28 heavy (non-hydrogen) atoms. The van der Waals surface area contributed by atoms with E-state index in [-0.39, 0.29) is 18.9 Å². The minimum Gasteiger partial charge on any atom is -0.497 e. The summed E-state index contributed by atoms with van der Waals surface area (Å²) in [5, 5.41) is 13.2. The zero-order chi connectivity index (χ0) is 20.8. The Morgan fingerprint density at radius 1 is 1.04 bits per heavy atom. The minimum absolute atomic E-state index is 0.0743. The number of benzene rings is 2. The molecule has 2 aromatic carbocycles. The molecule has 152 valence electrons. The van der Waals surface area contributed by atoms with Crippen LogP contribution in [0.5, 0.6) is 5.75 Å². The van der Waals surface area contributed by atoms with Crippen LogP contribution in [0.4, 0.5) is 13.2 Å². The molecule has 0 saturated heterocycles. The first-order valence-corrected chi connectivity index (χ1v) is 8.87. The van der Waals surface area contributed by atoms with Crippen LogP contribution in [0.15, 0.2) is 48.5 Å². The number of amides is 1. The Bertz CT molecular complexity index is 769. The summed E-state index contributed by atoms with van der Waals surface area (Å²) < 4.78 is 42.7. The van der Waals surface area contributed by atoms with Gasteiger partial charge >= 0.3 is 6.18 Å². The van der Waals surface area contributed by atoms with E-state index >= 15 is 0 Å². The van der Waals surface area contributed by atoms with Crippen molar-refractivity contribution in [2.75, 3.05) is 13.7 Å². The number of rotatable bonds is 8. The lowest BCUT2D eigenvalue weighted by molar-refractivity contribution is -0.137. The van der Waals surface area contributed by atoms with Gasteiger partial charge in [-0.1, -0.05) is 24.3 Å². The second-order valence-electron chi connectivity index (χ2n) is 6.99. The van der Waals surface area contributed by atoms with Crippen LogP contribution in [0, 0.1) is 0 Å². The molecule has 0 radical (unpaired) electrons. The first kappa shape index (κ1) is 21.8. The van der Waals surface area contributed by atoms with Gasteiger partial charge in [0.05, 0.1) is 18.3 Å². The quantitative estimate of drug-likeness (QED) is 0.716. The largest absolute Gasteiger partial charge is 0.497 e. The van der Waals surface area contributed by atoms with Crippen molar-refractivity contribution in [2.45, 2.75) is 38.0 Å². The molecule has 0 aliphatic carbocycles. The molecule has 0 saturated carbocycles. The van der Waals surface area contributed by atoms with Crippen molar-refractivity contribution in [1.82, 2.24) is 5.32 Å². The van der Waals surface area contributed by atoms with Crippen LogP contribution < -0.4 is 10.1 Å². The number of ether oxygens (including phenoxy) is 1. The van der Waals surface area contributed by atoms with Gasteiger partial charge in [0.15, 0.2) is 0 Å². The number of nitrogens with one attached hydrogen (secondary N) is 1. The highest BCUT2D eigenvalue weighted by Gasteiger charge is 2.29. The lowest BCUT2D eigenvalue weighted by Gasteiger charge is -2.24. The fourth-order valence-electron chi connectivity index (χ4n) is 2.74. The molecule has 4 nitrogen and oxygen atoms in total. The molecule has 0 aliphatic rings. The third kappa shape index (κ3) is 6.88. The van der Waals surface area contributed by atoms with E-state index in [4.69, 9.17) is 4.74 Å². The number of methoxy groups -OCH3 is 1. The van der Waals surface area contributed by atoms with Gasteiger partial charge in [-0.2, -0.15) is 13.2 Å². The summed E-state index contributed by atoms with van der Waals surface area (Å²) in [5.41, 5.74) is -0.285. The van der Waals surface area contributed by atoms with Crippen molar-refractivity contribution in [3.63, 3.8) is 0 Å². The summed E-state index contributed by atoms with van der Waals surface area (Å²) in [6, 6.07) is 12.0. The van der Waals surface area contributed by atoms with Crippen LogP contribution in [0.1, 0.15) is 30.0 Å². The average molecular weight is 395 g/mol. The van der Waals surface area contributed by atoms with Gasteiger partial charge in [0.2, 0.25) is 5.91 Å². The van der Waals surface area contributed by atoms with Crippen molar-refractivity contribution in [1.29, 1.82) is 0 Å². The molecule has 7 heteroatoms. The van der Waals surface area contributed by atoms with Crippen molar-refractivity contribution in [3.8, 4) is 5.75 Å². The predicted octanol–water partition coefficient (Wildman–Crippen LogP) is 3.76. The van der Waals surface area contributed by atoms with Crippen LogP contribution in [-0.4, -0.2) is 30.3 Å². The monoisotopic (exact) mass is 395 g/mol. The molecular weight excluding hydrogens is 371 g/mol. The van der Waals surface area contributed by atoms with Crippen molar-refractivity contribution >= 4 is 5.91 Å². The van der Waals surface area contributed by atoms with Gasteiger partial charge in [0.1, 0.15) is 5.75 Å². The molecule has 1 amide bonds. The first-order valence-electron chi connectivity index (χ1n) is 8.87. The highest BCUT2D eigenvalue weighted by molar-refractivity contribution is 5.76. The summed E-state index contributed by atoms with van der Waals surface area (Å²) >= 11 is 0. The molecule has 2 aromatic rings. The van der Waals surface area contributed by atoms with E-state index in [0.29, 0.717) is 18.4 Å². The normalized spacial score (nSPS) is 13.6. The number of hydrogen-bond donors (Lipinski definition) is 2. The van der Waals surface area contributed by atoms with Crippen LogP contribution >= 0.6 is 0 Å². The molecule has 1 unspecified atom stereocenters. The number of alkyl halides is 3. The number of halogens is 3. The molecule has 0 aromatic heterocycles. The topological polar surface area (TPSA) is 58.6 Å². The number of carbonyl (C=O) groups is 1. The molecular formula is C21H24F3NO3. The van der Waals surface area contributed by atoms with Gasteiger partial charge in [-0.15, -0.1) is 0 Å². The van der Waals surface area contributed by atoms with Gasteiger partial charge in [0.25, 0.3) is 0 Å². The van der Waals surface area contributed by atoms with Gasteiger partial charge in [0, 0.05) is 19.4 Å². The maximum absolute atomic E-state index is 12.5. The van der Waals surface area contributed by atoms with Gasteiger partial charge in [-0.3, -0.25) is 4.79 Å². The lowest BCUT2D eigenvalue weighted by Crippen LogP contribution is -2.42. The van der Waals surface area contributed by atoms with E-state index in [9.17, 15) is 23.1 Å². The Kier molecular flexibility index (Phi) is 7.07. The van der Waals surface area contributed by atoms with Crippen LogP contribution in [0.25, 0.3) is 0 Å². The second kappa shape index (κ2) is 9.10. The highest BCUT2D eigenvalue weighted by Crippen LogP contribution is 2.29. The van der Waals surface area contributed by atoms with Gasteiger partial charge < -0.3 is 15.2 Å². The van der Waals surface area contributed by atoms with Gasteiger partial charge in [-0.05, 0) is 48.7 Å². The number of hydrogen-bond acceptors (Lipinski definition) is 3. The van der Waals surface area contributed by atoms with E-state index in [0.717, 1.165) is 23.4 Å². The Labute approximate surface area is 162 Å². The lowest BCUT2D eigenvalue weighted by atomic mass is 9.96. The number of aryl methyl sites for hydroxylation is 1. The number of carbonyl (C=O) groups excluding carboxylic acids is 1. The van der Waals surface area contributed by atoms with E-state index in [1.54, 1.807) is 26.2 Å². The summed E-state index contributed by atoms with van der Waals surface area (Å²) in [6.45, 7) is 1.71. The first-order chi connectivity index (χ1) is 13.1. The van der Waals surface area contributed by atoms with Crippen LogP contribution in [-0.2, 0) is 23.8 Å². The van der Waals surface area contributed by atoms with E-state index in [1.165, 1.54) is 12.1 Å². The van der Waals surface area contributed by atoms with Crippen molar-refractivity contribution in [3.05, 3.63) is 65.2 Å². The fraction of sp³-hybridized carbons (Fsp3) is 0.381. The van der Waals surface area contributed by atoms with Crippen LogP contribution in [0.3, 0.4) is 0 Å². The third-order valence-electron chi connectivity index (χ3n) is 4.33. The van der Waals surface area contributed by atoms with E-state index < -0.39 is 17.3 Å². The SMILES string of the molecule is COc1ccc(CC(C)(O)CNC(=O)CCc2ccc(C(F)(F)F)cc2)cc1. The zero-order valence-electron chi connectivity index (χ0n) is 15.8. The Morgan fingerprint density at radius 3 is 2.14 bits per heavy atom. The molecule has 0 bridgehead atoms. The molecule has 0 aliphatic heterocycles. The summed E-state index contributed by atoms with van der Waals surface area (Å²) in [5.74, 6) is 0.454. The Hall–Kier alpha value is -2.54. The van der Waals surface area contributed by atoms with Crippen molar-refractivity contribution in [2.24, 2.45) is 0 Å². The Balaban J connectivity index is 1.79. The van der Waals surface area contributed by atoms with Crippen LogP contribution in [0.2, 0.25) is 0 Å². The molecule has 2 N–H and O–H groups in total. The molecule has 1 atom stereocenters. The van der Waals surface area contributed by atoms with E-state index in [1.807, 2.05) is 12.1 Å². The van der Waals surface area contributed by atoms with Gasteiger partial charge in [-0.25, -0.2) is 0 Å². The minimum atomic E-state index is -4.37. The smallest absolute Gasteiger partial charge is 0.416 e. The van der Waals surface area contributed by atoms with E-state index in [2.05, 4.69) is 5.32 Å². The summed E-state index contributed by atoms with van der Waals surface area (Å²) in [4.78, 5) is 12.0. The maximum atomic E-state index is 12.5. The summed E-state index contributed by atoms with van der Waals surface area (Å²) in [6.07, 6.45) is -3.56. The zero-order valence-corrected chi connectivity index (χ0v) is 15.8. The maximum Gasteiger partial charge on any atom is 0.416 e. The standard InChI is InChI=1S/C21H24F3NO3/c1-20(27,13-16-5-10-18(28-2)11-6-16)14-25-19(26)12-7-15-3-8-17(9-4-15)21(22,23)24/h3-6,8-11,27H,7,12-14H2,1-2H3,(H,25,26). The molecule has 0 heterocycles. The third-order valence-corrected chi connectivity index (χ3v) is 4.33. The second-order valence-corrected chi connectivity index (χ2v) is 6.99. The highest BCUT2D eigenvalue weighted by atomic mass is 19.4. The number of aliphatic hydroxyl groups is 1. The Morgan fingerprint density at radius 2 is 1.61 bits per heavy atom. The fourth-order valence-corrected chi connectivity index (χ4v) is 2.74. The molecule has 0 spiro atoms. The summed E-state index contributed by atoms with van der Waals surface area (Å²) in [7, 11) is 1.57. The predicted molar refractivity (Wildman–Crippen MR) is 100 cm³/mol. The molecule has 0 fully saturated rings. The molecule has 2 rings (SSSR count). The average Bonchev–Trinajstić information content (AvgIpc) is 2.65.